The van der Waals surface area contributed by atoms with Gasteiger partial charge in [-0.05, 0) is 57.6 Å². The Hall–Kier alpha value is -3.09. The fourth-order valence-electron chi connectivity index (χ4n) is 4.48. The van der Waals surface area contributed by atoms with Gasteiger partial charge in [0.25, 0.3) is 0 Å². The monoisotopic (exact) mass is 461 g/mol. The molecule has 0 amide bonds. The smallest absolute Gasteiger partial charge is 0.231 e. The van der Waals surface area contributed by atoms with Crippen molar-refractivity contribution < 1.29 is 14.6 Å². The van der Waals surface area contributed by atoms with Crippen LogP contribution in [0.4, 0.5) is 0 Å². The molecule has 2 aromatic carbocycles. The molecule has 6 nitrogen and oxygen atoms in total. The third-order valence-electron chi connectivity index (χ3n) is 6.52. The van der Waals surface area contributed by atoms with Crippen LogP contribution in [0.3, 0.4) is 0 Å². The van der Waals surface area contributed by atoms with Crippen LogP contribution < -0.4 is 15.4 Å². The predicted molar refractivity (Wildman–Crippen MR) is 137 cm³/mol. The minimum absolute atomic E-state index is 0.143. The second kappa shape index (κ2) is 11.4. The summed E-state index contributed by atoms with van der Waals surface area (Å²) in [7, 11) is 2.00. The number of benzene rings is 2. The van der Waals surface area contributed by atoms with Gasteiger partial charge in [0.05, 0.1) is 11.1 Å². The van der Waals surface area contributed by atoms with E-state index in [1.54, 1.807) is 18.2 Å². The first-order chi connectivity index (χ1) is 16.6. The normalized spacial score (nSPS) is 15.1. The molecule has 3 aromatic rings. The van der Waals surface area contributed by atoms with E-state index >= 15 is 0 Å². The van der Waals surface area contributed by atoms with Gasteiger partial charge in [0, 0.05) is 35.2 Å². The molecule has 4 rings (SSSR count). The highest BCUT2D eigenvalue weighted by molar-refractivity contribution is 6.15. The molecule has 0 fully saturated rings. The lowest BCUT2D eigenvalue weighted by molar-refractivity contribution is 0.101. The fraction of sp³-hybridized carbons (Fsp3) is 0.393. The zero-order valence-electron chi connectivity index (χ0n) is 20.1. The lowest BCUT2D eigenvalue weighted by Crippen LogP contribution is -2.25. The van der Waals surface area contributed by atoms with Crippen molar-refractivity contribution in [3.63, 3.8) is 0 Å². The van der Waals surface area contributed by atoms with E-state index in [1.807, 2.05) is 37.5 Å². The minimum atomic E-state index is -0.159. The average Bonchev–Trinajstić information content (AvgIpc) is 3.39. The molecule has 180 valence electrons. The van der Waals surface area contributed by atoms with Crippen LogP contribution in [-0.4, -0.2) is 35.5 Å². The van der Waals surface area contributed by atoms with Gasteiger partial charge in [0.15, 0.2) is 5.76 Å². The summed E-state index contributed by atoms with van der Waals surface area (Å²) in [6.45, 7) is 3.70. The first kappa shape index (κ1) is 24.0. The maximum atomic E-state index is 13.0. The van der Waals surface area contributed by atoms with Gasteiger partial charge in [0.1, 0.15) is 11.5 Å². The third kappa shape index (κ3) is 5.51. The number of allylic oxidation sites excluding steroid dienone is 1. The van der Waals surface area contributed by atoms with Gasteiger partial charge >= 0.3 is 0 Å². The number of fused-ring (bicyclic) bond motifs is 2. The lowest BCUT2D eigenvalue weighted by Gasteiger charge is -2.16. The molecule has 1 aliphatic heterocycles. The number of aromatic hydroxyl groups is 1. The van der Waals surface area contributed by atoms with E-state index in [1.165, 1.54) is 32.1 Å². The quantitative estimate of drug-likeness (QED) is 0.211. The minimum Gasteiger partial charge on any atom is -0.507 e. The molecule has 0 aliphatic carbocycles. The molecule has 6 heteroatoms. The van der Waals surface area contributed by atoms with Crippen molar-refractivity contribution >= 4 is 22.8 Å². The van der Waals surface area contributed by atoms with Crippen LogP contribution in [0.5, 0.6) is 11.5 Å². The van der Waals surface area contributed by atoms with Crippen LogP contribution in [-0.2, 0) is 6.54 Å². The molecule has 2 heterocycles. The van der Waals surface area contributed by atoms with Gasteiger partial charge < -0.3 is 25.5 Å². The molecule has 1 aromatic heterocycles. The number of carbonyl (C=O) groups excluding carboxylic acids is 1. The number of rotatable bonds is 12. The van der Waals surface area contributed by atoms with E-state index in [4.69, 9.17) is 4.74 Å². The van der Waals surface area contributed by atoms with Crippen LogP contribution in [0.15, 0.2) is 48.4 Å². The number of hydrogen-bond acceptors (Lipinski definition) is 5. The number of aromatic nitrogens is 1. The molecule has 1 aliphatic rings. The Balaban J connectivity index is 1.38. The van der Waals surface area contributed by atoms with Gasteiger partial charge in [-0.15, -0.1) is 0 Å². The zero-order chi connectivity index (χ0) is 23.9. The molecule has 4 N–H and O–H groups in total. The van der Waals surface area contributed by atoms with Crippen LogP contribution in [0.1, 0.15) is 66.9 Å². The van der Waals surface area contributed by atoms with Crippen LogP contribution in [0.25, 0.3) is 17.0 Å². The Morgan fingerprint density at radius 1 is 1.09 bits per heavy atom. The molecule has 0 radical (unpaired) electrons. The number of ether oxygens (including phenoxy) is 1. The zero-order valence-corrected chi connectivity index (χ0v) is 20.1. The summed E-state index contributed by atoms with van der Waals surface area (Å²) < 4.78 is 6.02. The Labute approximate surface area is 201 Å². The highest BCUT2D eigenvalue weighted by atomic mass is 16.5. The van der Waals surface area contributed by atoms with Crippen molar-refractivity contribution in [1.29, 1.82) is 0 Å². The molecule has 0 bridgehead atoms. The average molecular weight is 462 g/mol. The van der Waals surface area contributed by atoms with Gasteiger partial charge in [-0.1, -0.05) is 43.9 Å². The van der Waals surface area contributed by atoms with Crippen molar-refractivity contribution in [2.45, 2.75) is 58.0 Å². The molecule has 34 heavy (non-hydrogen) atoms. The van der Waals surface area contributed by atoms with Crippen molar-refractivity contribution in [2.75, 3.05) is 13.6 Å². The Morgan fingerprint density at radius 3 is 2.74 bits per heavy atom. The highest BCUT2D eigenvalue weighted by Crippen LogP contribution is 2.39. The van der Waals surface area contributed by atoms with E-state index in [0.717, 1.165) is 29.4 Å². The van der Waals surface area contributed by atoms with Gasteiger partial charge in [-0.2, -0.15) is 0 Å². The largest absolute Gasteiger partial charge is 0.507 e. The first-order valence-corrected chi connectivity index (χ1v) is 12.3. The summed E-state index contributed by atoms with van der Waals surface area (Å²) in [6, 6.07) is 11.5. The SMILES string of the molecule is CNCCCCCCCC(C)NCc1c(O)ccc2c1O/C(=C\c1c[nH]c3ccccc13)C2=O. The number of phenols is 1. The summed E-state index contributed by atoms with van der Waals surface area (Å²) in [4.78, 5) is 16.2. The lowest BCUT2D eigenvalue weighted by atomic mass is 10.0. The molecule has 0 saturated heterocycles. The molecule has 0 spiro atoms. The first-order valence-electron chi connectivity index (χ1n) is 12.3. The summed E-state index contributed by atoms with van der Waals surface area (Å²) >= 11 is 0. The van der Waals surface area contributed by atoms with E-state index in [0.29, 0.717) is 29.5 Å². The van der Waals surface area contributed by atoms with E-state index in [-0.39, 0.29) is 17.3 Å². The number of ketones is 1. The van der Waals surface area contributed by atoms with Gasteiger partial charge in [-0.3, -0.25) is 4.79 Å². The van der Waals surface area contributed by atoms with Gasteiger partial charge in [-0.25, -0.2) is 0 Å². The molecule has 0 saturated carbocycles. The van der Waals surface area contributed by atoms with Crippen LogP contribution >= 0.6 is 0 Å². The number of aromatic amines is 1. The van der Waals surface area contributed by atoms with Gasteiger partial charge in [0.2, 0.25) is 5.78 Å². The molecule has 1 unspecified atom stereocenters. The number of phenolic OH excluding ortho intramolecular Hbond substituents is 1. The maximum Gasteiger partial charge on any atom is 0.231 e. The Kier molecular flexibility index (Phi) is 8.03. The van der Waals surface area contributed by atoms with Crippen molar-refractivity contribution in [3.8, 4) is 11.5 Å². The molecule has 1 atom stereocenters. The Bertz CT molecular complexity index is 1160. The number of para-hydroxylation sites is 1. The standard InChI is InChI=1S/C28H35N3O3/c1-19(10-6-4-3-5-9-15-29-2)30-18-23-25(32)14-13-22-27(33)26(34-28(22)23)16-20-17-31-24-12-8-7-11-21(20)24/h7-8,11-14,16-17,19,29-32H,3-6,9-10,15,18H2,1-2H3/b26-16-. The number of nitrogens with one attached hydrogen (secondary N) is 3. The number of hydrogen-bond donors (Lipinski definition) is 4. The van der Waals surface area contributed by atoms with E-state index < -0.39 is 0 Å². The Morgan fingerprint density at radius 2 is 1.88 bits per heavy atom. The van der Waals surface area contributed by atoms with Crippen molar-refractivity contribution in [2.24, 2.45) is 0 Å². The summed E-state index contributed by atoms with van der Waals surface area (Å²) in [5.41, 5.74) is 3.03. The number of unbranched alkanes of at least 4 members (excludes halogenated alkanes) is 4. The van der Waals surface area contributed by atoms with Crippen molar-refractivity contribution in [3.05, 3.63) is 65.0 Å². The predicted octanol–water partition coefficient (Wildman–Crippen LogP) is 5.53. The molecular weight excluding hydrogens is 426 g/mol. The van der Waals surface area contributed by atoms with E-state index in [2.05, 4.69) is 22.5 Å². The topological polar surface area (TPSA) is 86.4 Å². The van der Waals surface area contributed by atoms with E-state index in [9.17, 15) is 9.90 Å². The number of carbonyl (C=O) groups is 1. The number of Topliss-reactive ketones (excluding diaryl/α,β-unsaturated/α-hetero) is 1. The summed E-state index contributed by atoms with van der Waals surface area (Å²) in [5, 5.41) is 18.2. The second-order valence-corrected chi connectivity index (χ2v) is 9.11. The van der Waals surface area contributed by atoms with Crippen LogP contribution in [0, 0.1) is 0 Å². The second-order valence-electron chi connectivity index (χ2n) is 9.11. The van der Waals surface area contributed by atoms with Crippen molar-refractivity contribution in [1.82, 2.24) is 15.6 Å². The van der Waals surface area contributed by atoms with Crippen LogP contribution in [0.2, 0.25) is 0 Å². The summed E-state index contributed by atoms with van der Waals surface area (Å²) in [5.74, 6) is 0.718. The molecular formula is C28H35N3O3. The maximum absolute atomic E-state index is 13.0. The fourth-order valence-corrected chi connectivity index (χ4v) is 4.48. The third-order valence-corrected chi connectivity index (χ3v) is 6.52. The highest BCUT2D eigenvalue weighted by Gasteiger charge is 2.31. The summed E-state index contributed by atoms with van der Waals surface area (Å²) in [6.07, 6.45) is 10.9. The number of H-pyrrole nitrogens is 1.